The van der Waals surface area contributed by atoms with E-state index in [1.165, 1.54) is 12.8 Å². The average molecular weight is 369 g/mol. The number of piperidine rings is 1. The number of halogens is 1. The van der Waals surface area contributed by atoms with Crippen LogP contribution in [0.4, 0.5) is 0 Å². The predicted molar refractivity (Wildman–Crippen MR) is 105 cm³/mol. The molecule has 1 fully saturated rings. The molecule has 3 unspecified atom stereocenters. The van der Waals surface area contributed by atoms with Crippen LogP contribution in [-0.4, -0.2) is 37.6 Å². The summed E-state index contributed by atoms with van der Waals surface area (Å²) in [5.74, 6) is 2.14. The van der Waals surface area contributed by atoms with Crippen molar-refractivity contribution in [3.05, 3.63) is 29.8 Å². The molecule has 1 N–H and O–H groups in total. The normalized spacial score (nSPS) is 19.4. The Bertz CT molecular complexity index is 532. The number of amides is 1. The van der Waals surface area contributed by atoms with E-state index in [0.29, 0.717) is 18.3 Å². The molecule has 1 amide bonds. The van der Waals surface area contributed by atoms with Crippen molar-refractivity contribution in [2.45, 2.75) is 46.1 Å². The quantitative estimate of drug-likeness (QED) is 0.789. The highest BCUT2D eigenvalue weighted by Crippen LogP contribution is 2.27. The summed E-state index contributed by atoms with van der Waals surface area (Å²) >= 11 is 0. The molecule has 3 atom stereocenters. The van der Waals surface area contributed by atoms with E-state index < -0.39 is 0 Å². The third kappa shape index (κ3) is 5.89. The molecule has 1 aliphatic heterocycles. The molecular weight excluding hydrogens is 336 g/mol. The Labute approximate surface area is 158 Å². The Kier molecular flexibility index (Phi) is 9.30. The number of hydrogen-bond acceptors (Lipinski definition) is 3. The number of benzene rings is 1. The Morgan fingerprint density at radius 1 is 1.40 bits per heavy atom. The summed E-state index contributed by atoms with van der Waals surface area (Å²) in [7, 11) is 1.67. The van der Waals surface area contributed by atoms with Crippen molar-refractivity contribution in [3.8, 4) is 5.75 Å². The number of methoxy groups -OCH3 is 1. The van der Waals surface area contributed by atoms with Crippen LogP contribution in [0, 0.1) is 11.8 Å². The molecule has 0 saturated carbocycles. The van der Waals surface area contributed by atoms with Gasteiger partial charge >= 0.3 is 0 Å². The second kappa shape index (κ2) is 10.7. The fourth-order valence-electron chi connectivity index (χ4n) is 3.67. The van der Waals surface area contributed by atoms with E-state index in [0.717, 1.165) is 30.9 Å². The summed E-state index contributed by atoms with van der Waals surface area (Å²) in [6.07, 6.45) is 3.09. The highest BCUT2D eigenvalue weighted by molar-refractivity contribution is 5.85. The maximum atomic E-state index is 12.9. The van der Waals surface area contributed by atoms with Crippen LogP contribution in [0.25, 0.3) is 0 Å². The van der Waals surface area contributed by atoms with Crippen LogP contribution >= 0.6 is 12.4 Å². The highest BCUT2D eigenvalue weighted by Gasteiger charge is 2.26. The summed E-state index contributed by atoms with van der Waals surface area (Å²) in [6.45, 7) is 9.27. The van der Waals surface area contributed by atoms with Gasteiger partial charge in [0.05, 0.1) is 13.2 Å². The lowest BCUT2D eigenvalue weighted by molar-refractivity contribution is -0.134. The highest BCUT2D eigenvalue weighted by atomic mass is 35.5. The number of nitrogens with zero attached hydrogens (tertiary/aromatic N) is 1. The topological polar surface area (TPSA) is 41.6 Å². The molecule has 5 heteroatoms. The lowest BCUT2D eigenvalue weighted by Gasteiger charge is -2.32. The average Bonchev–Trinajstić information content (AvgIpc) is 2.63. The van der Waals surface area contributed by atoms with Crippen molar-refractivity contribution < 1.29 is 9.53 Å². The number of rotatable bonds is 7. The van der Waals surface area contributed by atoms with Gasteiger partial charge in [-0.15, -0.1) is 12.4 Å². The summed E-state index contributed by atoms with van der Waals surface area (Å²) in [6, 6.07) is 8.08. The molecule has 25 heavy (non-hydrogen) atoms. The van der Waals surface area contributed by atoms with E-state index in [1.807, 2.05) is 23.1 Å². The Balaban J connectivity index is 0.00000312. The van der Waals surface area contributed by atoms with Crippen LogP contribution in [0.2, 0.25) is 0 Å². The molecule has 4 nitrogen and oxygen atoms in total. The van der Waals surface area contributed by atoms with Gasteiger partial charge in [0.15, 0.2) is 0 Å². The van der Waals surface area contributed by atoms with E-state index in [1.54, 1.807) is 7.11 Å². The second-order valence-corrected chi connectivity index (χ2v) is 6.92. The largest absolute Gasteiger partial charge is 0.497 e. The number of carbonyl (C=O) groups excluding carboxylic acids is 1. The fourth-order valence-corrected chi connectivity index (χ4v) is 3.67. The van der Waals surface area contributed by atoms with Crippen LogP contribution in [0.5, 0.6) is 5.75 Å². The molecule has 2 rings (SSSR count). The van der Waals surface area contributed by atoms with Crippen molar-refractivity contribution in [1.82, 2.24) is 10.2 Å². The first-order valence-corrected chi connectivity index (χ1v) is 9.21. The van der Waals surface area contributed by atoms with E-state index in [9.17, 15) is 4.79 Å². The fraction of sp³-hybridized carbons (Fsp3) is 0.650. The Morgan fingerprint density at radius 3 is 2.76 bits per heavy atom. The molecule has 0 aromatic heterocycles. The lowest BCUT2D eigenvalue weighted by atomic mass is 9.85. The van der Waals surface area contributed by atoms with Gasteiger partial charge in [-0.25, -0.2) is 0 Å². The summed E-state index contributed by atoms with van der Waals surface area (Å²) in [4.78, 5) is 14.9. The first-order chi connectivity index (χ1) is 11.6. The summed E-state index contributed by atoms with van der Waals surface area (Å²) < 4.78 is 5.31. The minimum absolute atomic E-state index is 0. The van der Waals surface area contributed by atoms with Gasteiger partial charge in [0, 0.05) is 13.0 Å². The van der Waals surface area contributed by atoms with Gasteiger partial charge in [0.2, 0.25) is 5.91 Å². The van der Waals surface area contributed by atoms with E-state index >= 15 is 0 Å². The molecule has 1 heterocycles. The number of carbonyl (C=O) groups is 1. The number of nitrogens with one attached hydrogen (secondary N) is 1. The second-order valence-electron chi connectivity index (χ2n) is 6.92. The molecule has 1 aromatic rings. The Hall–Kier alpha value is -1.26. The van der Waals surface area contributed by atoms with Crippen molar-refractivity contribution in [3.63, 3.8) is 0 Å². The van der Waals surface area contributed by atoms with Crippen LogP contribution in [0.3, 0.4) is 0 Å². The van der Waals surface area contributed by atoms with Crippen molar-refractivity contribution in [2.75, 3.05) is 26.7 Å². The minimum Gasteiger partial charge on any atom is -0.497 e. The van der Waals surface area contributed by atoms with E-state index in [4.69, 9.17) is 4.74 Å². The third-order valence-corrected chi connectivity index (χ3v) is 5.34. The lowest BCUT2D eigenvalue weighted by Crippen LogP contribution is -2.38. The zero-order valence-electron chi connectivity index (χ0n) is 16.0. The monoisotopic (exact) mass is 368 g/mol. The number of ether oxygens (including phenoxy) is 1. The smallest absolute Gasteiger partial charge is 0.223 e. The van der Waals surface area contributed by atoms with Gasteiger partial charge in [-0.1, -0.05) is 19.1 Å². The number of hydrogen-bond donors (Lipinski definition) is 1. The van der Waals surface area contributed by atoms with Crippen LogP contribution in [-0.2, 0) is 4.79 Å². The van der Waals surface area contributed by atoms with Crippen LogP contribution < -0.4 is 10.1 Å². The molecule has 0 bridgehead atoms. The van der Waals surface area contributed by atoms with Gasteiger partial charge in [-0.2, -0.15) is 0 Å². The molecule has 0 aliphatic carbocycles. The SMILES string of the molecule is CCN(C(=O)CC(C)C1CCCNC1)C(C)c1cccc(OC)c1.Cl. The standard InChI is InChI=1S/C20H32N2O2.ClH/c1-5-22(16(3)17-8-6-10-19(13-17)24-4)20(23)12-15(2)18-9-7-11-21-14-18;/h6,8,10,13,15-16,18,21H,5,7,9,11-12,14H2,1-4H3;1H. The molecule has 1 aromatic carbocycles. The Morgan fingerprint density at radius 2 is 2.16 bits per heavy atom. The van der Waals surface area contributed by atoms with Crippen LogP contribution in [0.1, 0.15) is 51.6 Å². The van der Waals surface area contributed by atoms with Crippen molar-refractivity contribution in [2.24, 2.45) is 11.8 Å². The molecular formula is C20H33ClN2O2. The first-order valence-electron chi connectivity index (χ1n) is 9.21. The summed E-state index contributed by atoms with van der Waals surface area (Å²) in [5, 5.41) is 3.45. The van der Waals surface area contributed by atoms with Gasteiger partial charge in [0.25, 0.3) is 0 Å². The predicted octanol–water partition coefficient (Wildman–Crippen LogP) is 4.05. The van der Waals surface area contributed by atoms with Gasteiger partial charge in [-0.05, 0) is 69.3 Å². The molecule has 0 radical (unpaired) electrons. The van der Waals surface area contributed by atoms with Gasteiger partial charge in [-0.3, -0.25) is 4.79 Å². The maximum Gasteiger partial charge on any atom is 0.223 e. The molecule has 1 aliphatic rings. The zero-order valence-corrected chi connectivity index (χ0v) is 16.8. The summed E-state index contributed by atoms with van der Waals surface area (Å²) in [5.41, 5.74) is 1.12. The van der Waals surface area contributed by atoms with Crippen molar-refractivity contribution >= 4 is 18.3 Å². The third-order valence-electron chi connectivity index (χ3n) is 5.34. The molecule has 0 spiro atoms. The van der Waals surface area contributed by atoms with Gasteiger partial charge < -0.3 is 15.0 Å². The van der Waals surface area contributed by atoms with E-state index in [-0.39, 0.29) is 24.4 Å². The van der Waals surface area contributed by atoms with E-state index in [2.05, 4.69) is 32.2 Å². The molecule has 142 valence electrons. The minimum atomic E-state index is 0. The molecule has 1 saturated heterocycles. The van der Waals surface area contributed by atoms with Crippen molar-refractivity contribution in [1.29, 1.82) is 0 Å². The maximum absolute atomic E-state index is 12.9. The van der Waals surface area contributed by atoms with Gasteiger partial charge in [0.1, 0.15) is 5.75 Å². The first kappa shape index (κ1) is 21.8. The zero-order chi connectivity index (χ0) is 17.5. The van der Waals surface area contributed by atoms with Crippen LogP contribution in [0.15, 0.2) is 24.3 Å².